The molecule has 0 amide bonds. The zero-order valence-electron chi connectivity index (χ0n) is 15.7. The molecule has 4 heterocycles. The summed E-state index contributed by atoms with van der Waals surface area (Å²) in [6.45, 7) is -0.248. The summed E-state index contributed by atoms with van der Waals surface area (Å²) < 4.78 is 35.5. The van der Waals surface area contributed by atoms with Crippen LogP contribution in [0.4, 0.5) is 5.82 Å². The number of ether oxygens (including phenoxy) is 1. The molecule has 4 rings (SSSR count). The number of rotatable bonds is 5. The van der Waals surface area contributed by atoms with Gasteiger partial charge in [0, 0.05) is 25.0 Å². The molecular formula is C17H21N4O8P. The molecule has 6 atom stereocenters. The van der Waals surface area contributed by atoms with Gasteiger partial charge in [0.15, 0.2) is 6.23 Å². The molecule has 12 nitrogen and oxygen atoms in total. The predicted octanol–water partition coefficient (Wildman–Crippen LogP) is 0.143. The van der Waals surface area contributed by atoms with Crippen LogP contribution in [0.2, 0.25) is 0 Å². The molecule has 0 aliphatic carbocycles. The molecule has 0 radical (unpaired) electrons. The molecule has 2 aliphatic rings. The second-order valence-electron chi connectivity index (χ2n) is 6.83. The molecule has 30 heavy (non-hydrogen) atoms. The average molecular weight is 440 g/mol. The first-order valence-corrected chi connectivity index (χ1v) is 10.7. The van der Waals surface area contributed by atoms with Crippen LogP contribution in [0.1, 0.15) is 24.3 Å². The van der Waals surface area contributed by atoms with Crippen molar-refractivity contribution in [3.05, 3.63) is 52.8 Å². The van der Waals surface area contributed by atoms with Crippen molar-refractivity contribution in [2.75, 3.05) is 18.9 Å². The summed E-state index contributed by atoms with van der Waals surface area (Å²) in [7, 11) is -3.93. The monoisotopic (exact) mass is 440 g/mol. The molecule has 2 aromatic rings. The normalized spacial score (nSPS) is 34.1. The Kier molecular flexibility index (Phi) is 5.98. The van der Waals surface area contributed by atoms with Gasteiger partial charge in [0.2, 0.25) is 0 Å². The highest BCUT2D eigenvalue weighted by atomic mass is 31.2. The van der Waals surface area contributed by atoms with Gasteiger partial charge in [-0.2, -0.15) is 4.98 Å². The Morgan fingerprint density at radius 2 is 2.03 bits per heavy atom. The number of hydrogen-bond donors (Lipinski definition) is 3. The third-order valence-corrected chi connectivity index (χ3v) is 6.30. The highest BCUT2D eigenvalue weighted by molar-refractivity contribution is 7.48. The lowest BCUT2D eigenvalue weighted by atomic mass is 10.1. The van der Waals surface area contributed by atoms with E-state index in [1.165, 1.54) is 12.3 Å². The van der Waals surface area contributed by atoms with Crippen LogP contribution in [0.3, 0.4) is 0 Å². The summed E-state index contributed by atoms with van der Waals surface area (Å²) in [5.74, 6) is 0.0117. The van der Waals surface area contributed by atoms with Crippen LogP contribution < -0.4 is 11.4 Å². The number of nitrogens with zero attached hydrogens (tertiary/aromatic N) is 3. The Hall–Kier alpha value is -2.18. The number of aliphatic hydroxyl groups is 2. The fourth-order valence-electron chi connectivity index (χ4n) is 3.26. The molecule has 0 unspecified atom stereocenters. The van der Waals surface area contributed by atoms with E-state index in [0.29, 0.717) is 6.42 Å². The number of nitrogen functional groups attached to an aromatic ring is 1. The van der Waals surface area contributed by atoms with Gasteiger partial charge in [-0.1, -0.05) is 0 Å². The molecule has 0 spiro atoms. The molecule has 2 saturated heterocycles. The Labute approximate surface area is 170 Å². The topological polar surface area (TPSA) is 168 Å². The second kappa shape index (κ2) is 8.52. The number of anilines is 1. The standard InChI is InChI=1S/C17H21N4O8P/c18-13-3-7-21(17(24)20-13)16-15(23)14(22)12(28-16)9-27-30(25)26-8-4-11(29-30)10-1-5-19-6-2-10/h1-3,5-7,11-12,14-16,22-23H,4,8-9H2,(H2,18,20,24)/t11-,12+,14+,15-,16+,30+/m0/s1. The quantitative estimate of drug-likeness (QED) is 0.541. The van der Waals surface area contributed by atoms with E-state index in [1.54, 1.807) is 24.5 Å². The average Bonchev–Trinajstić information content (AvgIpc) is 3.01. The van der Waals surface area contributed by atoms with Crippen molar-refractivity contribution >= 4 is 13.6 Å². The zero-order valence-corrected chi connectivity index (χ0v) is 16.6. The van der Waals surface area contributed by atoms with Gasteiger partial charge in [-0.15, -0.1) is 0 Å². The molecule has 2 fully saturated rings. The molecule has 4 N–H and O–H groups in total. The minimum atomic E-state index is -3.93. The van der Waals surface area contributed by atoms with Crippen LogP contribution in [-0.2, 0) is 22.9 Å². The summed E-state index contributed by atoms with van der Waals surface area (Å²) in [6, 6.07) is 4.84. The number of hydrogen-bond acceptors (Lipinski definition) is 11. The van der Waals surface area contributed by atoms with E-state index in [1.807, 2.05) is 0 Å². The van der Waals surface area contributed by atoms with Gasteiger partial charge < -0.3 is 20.7 Å². The number of aliphatic hydroxyl groups excluding tert-OH is 2. The highest BCUT2D eigenvalue weighted by Gasteiger charge is 2.46. The summed E-state index contributed by atoms with van der Waals surface area (Å²) in [4.78, 5) is 19.5. The largest absolute Gasteiger partial charge is 0.475 e. The van der Waals surface area contributed by atoms with Crippen molar-refractivity contribution in [2.24, 2.45) is 0 Å². The maximum atomic E-state index is 12.8. The first-order valence-electron chi connectivity index (χ1n) is 9.20. The molecule has 0 saturated carbocycles. The van der Waals surface area contributed by atoms with Crippen molar-refractivity contribution in [2.45, 2.75) is 37.1 Å². The van der Waals surface area contributed by atoms with Crippen molar-refractivity contribution < 1.29 is 33.1 Å². The Morgan fingerprint density at radius 1 is 1.27 bits per heavy atom. The van der Waals surface area contributed by atoms with Crippen molar-refractivity contribution in [3.8, 4) is 0 Å². The van der Waals surface area contributed by atoms with Crippen LogP contribution >= 0.6 is 7.82 Å². The van der Waals surface area contributed by atoms with E-state index >= 15 is 0 Å². The molecule has 2 aromatic heterocycles. The van der Waals surface area contributed by atoms with Gasteiger partial charge in [-0.3, -0.25) is 23.1 Å². The van der Waals surface area contributed by atoms with E-state index in [-0.39, 0.29) is 12.4 Å². The van der Waals surface area contributed by atoms with Gasteiger partial charge in [-0.05, 0) is 23.8 Å². The van der Waals surface area contributed by atoms with Gasteiger partial charge in [0.05, 0.1) is 19.3 Å². The van der Waals surface area contributed by atoms with E-state index in [9.17, 15) is 19.6 Å². The van der Waals surface area contributed by atoms with Crippen LogP contribution in [0.25, 0.3) is 0 Å². The lowest BCUT2D eigenvalue weighted by Crippen LogP contribution is -2.36. The predicted molar refractivity (Wildman–Crippen MR) is 101 cm³/mol. The minimum absolute atomic E-state index is 0.0117. The third-order valence-electron chi connectivity index (χ3n) is 4.82. The van der Waals surface area contributed by atoms with Crippen LogP contribution in [-0.4, -0.2) is 56.3 Å². The summed E-state index contributed by atoms with van der Waals surface area (Å²) in [5, 5.41) is 20.6. The molecule has 13 heteroatoms. The zero-order chi connectivity index (χ0) is 21.3. The molecule has 0 aromatic carbocycles. The lowest BCUT2D eigenvalue weighted by molar-refractivity contribution is -0.0609. The SMILES string of the molecule is Nc1ccn([C@@H]2O[C@H](CO[P@@]3(=O)OCC[C@@H](c4ccncc4)O3)[C@@H](O)[C@@H]2O)c(=O)n1. The van der Waals surface area contributed by atoms with Crippen LogP contribution in [0, 0.1) is 0 Å². The lowest BCUT2D eigenvalue weighted by Gasteiger charge is -2.29. The smallest absolute Gasteiger partial charge is 0.387 e. The summed E-state index contributed by atoms with van der Waals surface area (Å²) in [6.07, 6.45) is -0.693. The maximum Gasteiger partial charge on any atom is 0.475 e. The molecule has 162 valence electrons. The second-order valence-corrected chi connectivity index (χ2v) is 8.45. The number of phosphoric ester groups is 1. The van der Waals surface area contributed by atoms with Crippen LogP contribution in [0.15, 0.2) is 41.6 Å². The molecular weight excluding hydrogens is 419 g/mol. The summed E-state index contributed by atoms with van der Waals surface area (Å²) >= 11 is 0. The fourth-order valence-corrected chi connectivity index (χ4v) is 4.66. The Bertz CT molecular complexity index is 989. The van der Waals surface area contributed by atoms with Gasteiger partial charge in [0.1, 0.15) is 24.1 Å². The van der Waals surface area contributed by atoms with E-state index in [4.69, 9.17) is 24.0 Å². The number of aromatic nitrogens is 3. The number of nitrogens with two attached hydrogens (primary N) is 1. The Balaban J connectivity index is 1.42. The Morgan fingerprint density at radius 3 is 2.77 bits per heavy atom. The van der Waals surface area contributed by atoms with Crippen molar-refractivity contribution in [1.82, 2.24) is 14.5 Å². The minimum Gasteiger partial charge on any atom is -0.387 e. The maximum absolute atomic E-state index is 12.8. The van der Waals surface area contributed by atoms with E-state index in [0.717, 1.165) is 10.1 Å². The van der Waals surface area contributed by atoms with Crippen molar-refractivity contribution in [1.29, 1.82) is 0 Å². The number of pyridine rings is 1. The molecule has 0 bridgehead atoms. The van der Waals surface area contributed by atoms with Gasteiger partial charge >= 0.3 is 13.5 Å². The van der Waals surface area contributed by atoms with E-state index in [2.05, 4.69) is 9.97 Å². The molecule has 2 aliphatic heterocycles. The van der Waals surface area contributed by atoms with E-state index < -0.39 is 50.8 Å². The first-order chi connectivity index (χ1) is 14.4. The third kappa shape index (κ3) is 4.30. The fraction of sp³-hybridized carbons (Fsp3) is 0.471. The van der Waals surface area contributed by atoms with Gasteiger partial charge in [0.25, 0.3) is 0 Å². The summed E-state index contributed by atoms with van der Waals surface area (Å²) in [5.41, 5.74) is 5.48. The first kappa shape index (κ1) is 21.1. The van der Waals surface area contributed by atoms with Crippen molar-refractivity contribution in [3.63, 3.8) is 0 Å². The van der Waals surface area contributed by atoms with Crippen LogP contribution in [0.5, 0.6) is 0 Å². The van der Waals surface area contributed by atoms with Gasteiger partial charge in [-0.25, -0.2) is 9.36 Å². The number of phosphoric acid groups is 1. The highest BCUT2D eigenvalue weighted by Crippen LogP contribution is 2.57.